The molecule has 1 fully saturated rings. The lowest BCUT2D eigenvalue weighted by molar-refractivity contribution is -0.942. The van der Waals surface area contributed by atoms with Gasteiger partial charge in [0.25, 0.3) is 0 Å². The molecule has 3 nitrogen and oxygen atoms in total. The summed E-state index contributed by atoms with van der Waals surface area (Å²) in [6, 6.07) is 6.51. The van der Waals surface area contributed by atoms with E-state index in [-0.39, 0.29) is 5.43 Å². The van der Waals surface area contributed by atoms with Crippen LogP contribution in [0.5, 0.6) is 0 Å². The Bertz CT molecular complexity index is 723. The zero-order valence-electron chi connectivity index (χ0n) is 12.6. The highest BCUT2D eigenvalue weighted by Crippen LogP contribution is 2.17. The number of halogens is 1. The number of quaternary nitrogens is 1. The van der Waals surface area contributed by atoms with Gasteiger partial charge in [-0.3, -0.25) is 4.79 Å². The minimum absolute atomic E-state index is 0.188. The van der Waals surface area contributed by atoms with Gasteiger partial charge in [0.1, 0.15) is 6.54 Å². The Morgan fingerprint density at radius 1 is 1.38 bits per heavy atom. The van der Waals surface area contributed by atoms with Crippen LogP contribution < -0.4 is 10.3 Å². The molecule has 21 heavy (non-hydrogen) atoms. The van der Waals surface area contributed by atoms with E-state index in [9.17, 15) is 4.79 Å². The van der Waals surface area contributed by atoms with Crippen molar-refractivity contribution < 1.29 is 4.90 Å². The number of fused-ring (bicyclic) bond motifs is 1. The molecule has 1 aliphatic heterocycles. The molecule has 3 rings (SSSR count). The molecule has 2 atom stereocenters. The van der Waals surface area contributed by atoms with Crippen molar-refractivity contribution in [3.05, 3.63) is 44.2 Å². The van der Waals surface area contributed by atoms with Crippen LogP contribution in [0.1, 0.15) is 37.4 Å². The summed E-state index contributed by atoms with van der Waals surface area (Å²) >= 11 is 3.46. The Morgan fingerprint density at radius 2 is 2.19 bits per heavy atom. The molecule has 1 saturated heterocycles. The lowest BCUT2D eigenvalue weighted by atomic mass is 10.0. The molecule has 1 aromatic heterocycles. The highest BCUT2D eigenvalue weighted by atomic mass is 79.9. The standard InChI is InChI=1S/C17H21BrN2O/c1-11-5-3-4-8-20(11)10-15-12(2)19-16-7-6-13(18)9-14(16)17(15)21/h6-7,9,11H,3-5,8,10H2,1-2H3,(H,19,21)/p+1/t11-/m0/s1. The van der Waals surface area contributed by atoms with E-state index in [0.717, 1.165) is 33.2 Å². The minimum Gasteiger partial charge on any atom is -0.358 e. The van der Waals surface area contributed by atoms with Gasteiger partial charge >= 0.3 is 0 Å². The topological polar surface area (TPSA) is 37.3 Å². The molecule has 0 aliphatic carbocycles. The first-order valence-electron chi connectivity index (χ1n) is 7.72. The number of likely N-dealkylation sites (tertiary alicyclic amines) is 1. The number of nitrogens with one attached hydrogen (secondary N) is 2. The fourth-order valence-corrected chi connectivity index (χ4v) is 3.74. The molecular formula is C17H22BrN2O+. The number of H-pyrrole nitrogens is 1. The third-order valence-corrected chi connectivity index (χ3v) is 5.25. The first-order chi connectivity index (χ1) is 10.1. The lowest BCUT2D eigenvalue weighted by Gasteiger charge is -2.30. The van der Waals surface area contributed by atoms with Gasteiger partial charge in [0.2, 0.25) is 0 Å². The molecule has 2 N–H and O–H groups in total. The largest absolute Gasteiger partial charge is 0.358 e. The smallest absolute Gasteiger partial charge is 0.198 e. The van der Waals surface area contributed by atoms with E-state index in [1.54, 1.807) is 4.90 Å². The van der Waals surface area contributed by atoms with E-state index in [0.29, 0.717) is 6.04 Å². The second kappa shape index (κ2) is 5.93. The number of piperidine rings is 1. The molecule has 0 spiro atoms. The Labute approximate surface area is 133 Å². The van der Waals surface area contributed by atoms with Crippen LogP contribution in [-0.4, -0.2) is 17.6 Å². The fraction of sp³-hybridized carbons (Fsp3) is 0.471. The summed E-state index contributed by atoms with van der Waals surface area (Å²) in [5, 5.41) is 0.786. The van der Waals surface area contributed by atoms with Crippen LogP contribution in [0, 0.1) is 6.92 Å². The second-order valence-corrected chi connectivity index (χ2v) is 7.15. The first kappa shape index (κ1) is 14.8. The van der Waals surface area contributed by atoms with Crippen molar-refractivity contribution in [2.75, 3.05) is 6.54 Å². The minimum atomic E-state index is 0.188. The number of aromatic nitrogens is 1. The molecule has 0 radical (unpaired) electrons. The summed E-state index contributed by atoms with van der Waals surface area (Å²) in [6.45, 7) is 6.34. The van der Waals surface area contributed by atoms with Crippen molar-refractivity contribution in [2.45, 2.75) is 45.7 Å². The number of rotatable bonds is 2. The van der Waals surface area contributed by atoms with Gasteiger partial charge < -0.3 is 9.88 Å². The summed E-state index contributed by atoms with van der Waals surface area (Å²) in [7, 11) is 0. The number of hydrogen-bond donors (Lipinski definition) is 2. The van der Waals surface area contributed by atoms with Crippen molar-refractivity contribution in [2.24, 2.45) is 0 Å². The van der Waals surface area contributed by atoms with Crippen molar-refractivity contribution in [1.29, 1.82) is 0 Å². The van der Waals surface area contributed by atoms with E-state index < -0.39 is 0 Å². The second-order valence-electron chi connectivity index (χ2n) is 6.23. The number of benzene rings is 1. The summed E-state index contributed by atoms with van der Waals surface area (Å²) < 4.78 is 0.953. The van der Waals surface area contributed by atoms with Crippen LogP contribution in [0.4, 0.5) is 0 Å². The van der Waals surface area contributed by atoms with E-state index in [4.69, 9.17) is 0 Å². The van der Waals surface area contributed by atoms with Gasteiger partial charge in [-0.15, -0.1) is 0 Å². The van der Waals surface area contributed by atoms with Crippen LogP contribution in [0.25, 0.3) is 10.9 Å². The average Bonchev–Trinajstić information content (AvgIpc) is 2.46. The van der Waals surface area contributed by atoms with E-state index in [2.05, 4.69) is 27.8 Å². The Morgan fingerprint density at radius 3 is 2.95 bits per heavy atom. The molecule has 2 heterocycles. The summed E-state index contributed by atoms with van der Waals surface area (Å²) in [4.78, 5) is 17.8. The van der Waals surface area contributed by atoms with Gasteiger partial charge in [0.05, 0.1) is 18.2 Å². The number of pyridine rings is 1. The molecule has 1 unspecified atom stereocenters. The van der Waals surface area contributed by atoms with Crippen LogP contribution in [-0.2, 0) is 6.54 Å². The maximum atomic E-state index is 12.8. The molecule has 0 bridgehead atoms. The maximum Gasteiger partial charge on any atom is 0.198 e. The lowest BCUT2D eigenvalue weighted by Crippen LogP contribution is -3.15. The monoisotopic (exact) mass is 349 g/mol. The molecule has 1 aromatic carbocycles. The van der Waals surface area contributed by atoms with Crippen LogP contribution in [0.3, 0.4) is 0 Å². The quantitative estimate of drug-likeness (QED) is 0.858. The Kier molecular flexibility index (Phi) is 4.18. The van der Waals surface area contributed by atoms with E-state index in [1.807, 2.05) is 25.1 Å². The Balaban J connectivity index is 2.03. The normalized spacial score (nSPS) is 22.6. The van der Waals surface area contributed by atoms with Gasteiger partial charge in [0.15, 0.2) is 5.43 Å². The first-order valence-corrected chi connectivity index (χ1v) is 8.51. The molecule has 0 amide bonds. The van der Waals surface area contributed by atoms with E-state index in [1.165, 1.54) is 25.8 Å². The van der Waals surface area contributed by atoms with Crippen LogP contribution in [0.2, 0.25) is 0 Å². The van der Waals surface area contributed by atoms with E-state index >= 15 is 0 Å². The van der Waals surface area contributed by atoms with Gasteiger partial charge in [-0.2, -0.15) is 0 Å². The van der Waals surface area contributed by atoms with Crippen LogP contribution >= 0.6 is 15.9 Å². The average molecular weight is 350 g/mol. The molecular weight excluding hydrogens is 328 g/mol. The molecule has 1 aliphatic rings. The van der Waals surface area contributed by atoms with Crippen molar-refractivity contribution in [3.8, 4) is 0 Å². The van der Waals surface area contributed by atoms with Gasteiger partial charge in [-0.1, -0.05) is 15.9 Å². The predicted octanol–water partition coefficient (Wildman–Crippen LogP) is 2.56. The highest BCUT2D eigenvalue weighted by Gasteiger charge is 2.24. The van der Waals surface area contributed by atoms with Gasteiger partial charge in [-0.25, -0.2) is 0 Å². The number of hydrogen-bond acceptors (Lipinski definition) is 1. The zero-order valence-corrected chi connectivity index (χ0v) is 14.2. The SMILES string of the molecule is Cc1[nH]c2ccc(Br)cc2c(=O)c1C[NH+]1CCCC[C@@H]1C. The third kappa shape index (κ3) is 2.92. The third-order valence-electron chi connectivity index (χ3n) is 4.76. The Hall–Kier alpha value is -1.13. The zero-order chi connectivity index (χ0) is 15.0. The molecule has 0 saturated carbocycles. The number of aryl methyl sites for hydroxylation is 1. The summed E-state index contributed by atoms with van der Waals surface area (Å²) in [6.07, 6.45) is 3.87. The molecule has 112 valence electrons. The van der Waals surface area contributed by atoms with Crippen molar-refractivity contribution in [1.82, 2.24) is 4.98 Å². The summed E-state index contributed by atoms with van der Waals surface area (Å²) in [5.74, 6) is 0. The van der Waals surface area contributed by atoms with Crippen molar-refractivity contribution in [3.63, 3.8) is 0 Å². The van der Waals surface area contributed by atoms with Crippen LogP contribution in [0.15, 0.2) is 27.5 Å². The van der Waals surface area contributed by atoms with Gasteiger partial charge in [0, 0.05) is 21.1 Å². The fourth-order valence-electron chi connectivity index (χ4n) is 3.38. The predicted molar refractivity (Wildman–Crippen MR) is 89.9 cm³/mol. The van der Waals surface area contributed by atoms with Gasteiger partial charge in [-0.05, 0) is 51.3 Å². The number of aromatic amines is 1. The van der Waals surface area contributed by atoms with Crippen molar-refractivity contribution >= 4 is 26.8 Å². The molecule has 2 aromatic rings. The maximum absolute atomic E-state index is 12.8. The molecule has 4 heteroatoms. The highest BCUT2D eigenvalue weighted by molar-refractivity contribution is 9.10. The summed E-state index contributed by atoms with van der Waals surface area (Å²) in [5.41, 5.74) is 3.07.